The molecule has 0 saturated heterocycles. The average Bonchev–Trinajstić information content (AvgIpc) is 2.88. The minimum Gasteiger partial charge on any atom is -0.267 e. The summed E-state index contributed by atoms with van der Waals surface area (Å²) in [5, 5.41) is 4.08. The molecule has 1 amide bonds. The molecule has 0 fully saturated rings. The first-order valence-electron chi connectivity index (χ1n) is 7.11. The van der Waals surface area contributed by atoms with Crippen molar-refractivity contribution >= 4 is 35.0 Å². The summed E-state index contributed by atoms with van der Waals surface area (Å²) in [6.07, 6.45) is 1.32. The summed E-state index contributed by atoms with van der Waals surface area (Å²) in [6.45, 7) is 1.35. The first-order valence-corrected chi connectivity index (χ1v) is 7.49. The number of halogens is 6. The van der Waals surface area contributed by atoms with E-state index < -0.39 is 40.7 Å². The van der Waals surface area contributed by atoms with Gasteiger partial charge in [-0.15, -0.1) is 0 Å². The molecule has 0 unspecified atom stereocenters. The summed E-state index contributed by atoms with van der Waals surface area (Å²) in [7, 11) is 0. The van der Waals surface area contributed by atoms with E-state index in [1.807, 2.05) is 0 Å². The average molecular weight is 387 g/mol. The largest absolute Gasteiger partial charge is 0.280 e. The van der Waals surface area contributed by atoms with Crippen LogP contribution in [0.25, 0.3) is 6.08 Å². The molecule has 1 aliphatic rings. The molecule has 0 atom stereocenters. The minimum absolute atomic E-state index is 0.0267. The summed E-state index contributed by atoms with van der Waals surface area (Å²) >= 11 is 5.99. The van der Waals surface area contributed by atoms with Gasteiger partial charge in [0.15, 0.2) is 23.3 Å². The summed E-state index contributed by atoms with van der Waals surface area (Å²) in [5.41, 5.74) is -1.08. The standard InChI is InChI=1S/C17H8ClF5N2O/c1-7-9(6-8-4-2-3-5-10(8)18)17(26)25(24-7)16-14(22)12(20)11(19)13(21)15(16)23/h2-6H,1H3/b9-6+. The second-order valence-electron chi connectivity index (χ2n) is 5.30. The number of carbonyl (C=O) groups is 1. The van der Waals surface area contributed by atoms with Crippen molar-refractivity contribution in [3.05, 3.63) is 69.5 Å². The molecule has 26 heavy (non-hydrogen) atoms. The molecule has 0 radical (unpaired) electrons. The van der Waals surface area contributed by atoms with E-state index in [0.717, 1.165) is 0 Å². The zero-order valence-corrected chi connectivity index (χ0v) is 13.7. The molecular weight excluding hydrogens is 379 g/mol. The van der Waals surface area contributed by atoms with E-state index >= 15 is 0 Å². The Bertz CT molecular complexity index is 974. The molecule has 0 N–H and O–H groups in total. The van der Waals surface area contributed by atoms with Gasteiger partial charge in [0.1, 0.15) is 5.69 Å². The van der Waals surface area contributed by atoms with Crippen LogP contribution in [0.3, 0.4) is 0 Å². The van der Waals surface area contributed by atoms with E-state index in [1.54, 1.807) is 24.3 Å². The highest BCUT2D eigenvalue weighted by Gasteiger charge is 2.37. The van der Waals surface area contributed by atoms with Crippen molar-refractivity contribution in [3.8, 4) is 0 Å². The highest BCUT2D eigenvalue weighted by Crippen LogP contribution is 2.34. The second kappa shape index (κ2) is 6.53. The predicted molar refractivity (Wildman–Crippen MR) is 86.3 cm³/mol. The van der Waals surface area contributed by atoms with E-state index in [-0.39, 0.29) is 16.3 Å². The quantitative estimate of drug-likeness (QED) is 0.314. The van der Waals surface area contributed by atoms with Crippen LogP contribution < -0.4 is 5.01 Å². The fourth-order valence-electron chi connectivity index (χ4n) is 2.36. The van der Waals surface area contributed by atoms with Gasteiger partial charge in [-0.05, 0) is 24.6 Å². The molecular formula is C17H8ClF5N2O. The maximum atomic E-state index is 13.9. The van der Waals surface area contributed by atoms with Crippen molar-refractivity contribution < 1.29 is 26.7 Å². The molecule has 1 heterocycles. The topological polar surface area (TPSA) is 32.7 Å². The van der Waals surface area contributed by atoms with Crippen LogP contribution in [0.5, 0.6) is 0 Å². The third-order valence-corrected chi connectivity index (χ3v) is 4.01. The molecule has 2 aromatic carbocycles. The Morgan fingerprint density at radius 1 is 0.962 bits per heavy atom. The smallest absolute Gasteiger partial charge is 0.267 e. The number of nitrogens with zero attached hydrogens (tertiary/aromatic N) is 2. The second-order valence-corrected chi connectivity index (χ2v) is 5.71. The lowest BCUT2D eigenvalue weighted by Crippen LogP contribution is -2.25. The van der Waals surface area contributed by atoms with Crippen molar-refractivity contribution in [1.29, 1.82) is 0 Å². The SMILES string of the molecule is CC1=NN(c2c(F)c(F)c(F)c(F)c2F)C(=O)/C1=C/c1ccccc1Cl. The van der Waals surface area contributed by atoms with Crippen LogP contribution >= 0.6 is 11.6 Å². The third kappa shape index (κ3) is 2.76. The van der Waals surface area contributed by atoms with E-state index in [4.69, 9.17) is 11.6 Å². The lowest BCUT2D eigenvalue weighted by atomic mass is 10.1. The molecule has 0 aliphatic carbocycles. The Balaban J connectivity index is 2.12. The summed E-state index contributed by atoms with van der Waals surface area (Å²) in [4.78, 5) is 12.5. The zero-order chi connectivity index (χ0) is 19.2. The van der Waals surface area contributed by atoms with Gasteiger partial charge in [-0.25, -0.2) is 22.0 Å². The Kier molecular flexibility index (Phi) is 4.53. The molecule has 0 bridgehead atoms. The predicted octanol–water partition coefficient (Wildman–Crippen LogP) is 4.84. The van der Waals surface area contributed by atoms with E-state index in [0.29, 0.717) is 10.6 Å². The lowest BCUT2D eigenvalue weighted by molar-refractivity contribution is -0.114. The van der Waals surface area contributed by atoms with Crippen LogP contribution in [0, 0.1) is 29.1 Å². The summed E-state index contributed by atoms with van der Waals surface area (Å²) in [6, 6.07) is 6.44. The van der Waals surface area contributed by atoms with Crippen molar-refractivity contribution in [2.75, 3.05) is 5.01 Å². The Labute approximate surface area is 149 Å². The fourth-order valence-corrected chi connectivity index (χ4v) is 2.55. The van der Waals surface area contributed by atoms with Crippen LogP contribution in [0.4, 0.5) is 27.6 Å². The van der Waals surface area contributed by atoms with Crippen molar-refractivity contribution in [2.24, 2.45) is 5.10 Å². The van der Waals surface area contributed by atoms with Crippen LogP contribution in [-0.2, 0) is 4.79 Å². The van der Waals surface area contributed by atoms with Crippen molar-refractivity contribution in [1.82, 2.24) is 0 Å². The van der Waals surface area contributed by atoms with Crippen LogP contribution in [-0.4, -0.2) is 11.6 Å². The normalized spacial score (nSPS) is 15.8. The Hall–Kier alpha value is -2.74. The Morgan fingerprint density at radius 3 is 2.08 bits per heavy atom. The molecule has 0 spiro atoms. The van der Waals surface area contributed by atoms with Gasteiger partial charge < -0.3 is 0 Å². The highest BCUT2D eigenvalue weighted by molar-refractivity contribution is 6.34. The van der Waals surface area contributed by atoms with Gasteiger partial charge in [-0.1, -0.05) is 29.8 Å². The van der Waals surface area contributed by atoms with Crippen molar-refractivity contribution in [2.45, 2.75) is 6.92 Å². The van der Waals surface area contributed by atoms with E-state index in [9.17, 15) is 26.7 Å². The van der Waals surface area contributed by atoms with E-state index in [1.165, 1.54) is 13.0 Å². The molecule has 9 heteroatoms. The van der Waals surface area contributed by atoms with Crippen LogP contribution in [0.15, 0.2) is 34.9 Å². The van der Waals surface area contributed by atoms with Gasteiger partial charge in [-0.3, -0.25) is 4.79 Å². The highest BCUT2D eigenvalue weighted by atomic mass is 35.5. The third-order valence-electron chi connectivity index (χ3n) is 3.67. The number of hydrazone groups is 1. The van der Waals surface area contributed by atoms with Crippen LogP contribution in [0.1, 0.15) is 12.5 Å². The molecule has 134 valence electrons. The first-order chi connectivity index (χ1) is 12.2. The number of rotatable bonds is 2. The van der Waals surface area contributed by atoms with Gasteiger partial charge >= 0.3 is 0 Å². The minimum atomic E-state index is -2.32. The Morgan fingerprint density at radius 2 is 1.50 bits per heavy atom. The van der Waals surface area contributed by atoms with Gasteiger partial charge in [0, 0.05) is 5.02 Å². The number of anilines is 1. The molecule has 2 aromatic rings. The maximum absolute atomic E-state index is 13.9. The number of hydrogen-bond donors (Lipinski definition) is 0. The van der Waals surface area contributed by atoms with Gasteiger partial charge in [0.25, 0.3) is 5.91 Å². The molecule has 1 aliphatic heterocycles. The monoisotopic (exact) mass is 386 g/mol. The van der Waals surface area contributed by atoms with Gasteiger partial charge in [0.05, 0.1) is 11.3 Å². The van der Waals surface area contributed by atoms with Crippen LogP contribution in [0.2, 0.25) is 5.02 Å². The molecule has 3 nitrogen and oxygen atoms in total. The zero-order valence-electron chi connectivity index (χ0n) is 13.0. The number of carbonyl (C=O) groups excluding carboxylic acids is 1. The number of hydrogen-bond acceptors (Lipinski definition) is 2. The molecule has 0 saturated carbocycles. The summed E-state index contributed by atoms with van der Waals surface area (Å²) in [5.74, 6) is -12.0. The van der Waals surface area contributed by atoms with Crippen molar-refractivity contribution in [3.63, 3.8) is 0 Å². The lowest BCUT2D eigenvalue weighted by Gasteiger charge is -2.15. The first kappa shape index (κ1) is 18.1. The molecule has 0 aromatic heterocycles. The molecule has 3 rings (SSSR count). The maximum Gasteiger partial charge on any atom is 0.280 e. The van der Waals surface area contributed by atoms with Gasteiger partial charge in [-0.2, -0.15) is 10.1 Å². The number of benzene rings is 2. The van der Waals surface area contributed by atoms with Gasteiger partial charge in [0.2, 0.25) is 5.82 Å². The summed E-state index contributed by atoms with van der Waals surface area (Å²) < 4.78 is 67.9. The van der Waals surface area contributed by atoms with E-state index in [2.05, 4.69) is 5.10 Å². The fraction of sp³-hybridized carbons (Fsp3) is 0.0588. The number of amides is 1.